The van der Waals surface area contributed by atoms with Crippen molar-refractivity contribution >= 4 is 33.5 Å². The average molecular weight is 630 g/mol. The fraction of sp³-hybridized carbons (Fsp3) is 0.500. The van der Waals surface area contributed by atoms with Gasteiger partial charge in [0.2, 0.25) is 5.69 Å². The molecule has 2 aromatic heterocycles. The van der Waals surface area contributed by atoms with E-state index in [0.29, 0.717) is 29.8 Å². The number of H-pyrrole nitrogens is 1. The van der Waals surface area contributed by atoms with E-state index < -0.39 is 5.92 Å². The number of nitrogens with one attached hydrogen (secondary N) is 1. The summed E-state index contributed by atoms with van der Waals surface area (Å²) >= 11 is 0. The van der Waals surface area contributed by atoms with Crippen LogP contribution in [0.2, 0.25) is 0 Å². The summed E-state index contributed by atoms with van der Waals surface area (Å²) in [4.78, 5) is 23.5. The van der Waals surface area contributed by atoms with Gasteiger partial charge in [-0.2, -0.15) is 4.57 Å². The standard InChI is InChI=1S/C40H44N4O3/c1-4-23-21-43-17-15-40-30-11-7-9-13-32(30)44-37(40)29(27(23)19-34(40)43)22-47-38(44)35(39(45)46-3)28-18-33-36-26(14-16-42(33)20-24(28)5-2)25-10-6-8-12-31(25)41-36/h5-14,16,23,27-29,34-35,37-38H,4,15,17-22H2,1-3H3/p+1/b24-5-/t23-,27+,28+,29+,34+,35-,37+,38+,40-/m1/s1. The van der Waals surface area contributed by atoms with Crippen LogP contribution in [0, 0.1) is 29.6 Å². The fourth-order valence-corrected chi connectivity index (χ4v) is 11.9. The number of aromatic amines is 1. The number of piperidine rings is 1. The van der Waals surface area contributed by atoms with E-state index in [1.807, 2.05) is 0 Å². The summed E-state index contributed by atoms with van der Waals surface area (Å²) in [5.41, 5.74) is 7.71. The maximum atomic E-state index is 14.3. The Hall–Kier alpha value is -3.68. The number of rotatable bonds is 4. The SMILES string of the molecule is C/C=C1/C[n+]2ccc3c([nH]c4ccccc43)c2C[C@@H]1[C@@H](C(=O)OC)[C@@H]1OC[C@H]2[C@H]3C[C@@H]4N(CC[C@@]45c4ccccc4N1[C@@H]25)C[C@H]3CC. The number of esters is 1. The van der Waals surface area contributed by atoms with Gasteiger partial charge in [0, 0.05) is 70.3 Å². The van der Waals surface area contributed by atoms with E-state index in [-0.39, 0.29) is 23.5 Å². The van der Waals surface area contributed by atoms with Gasteiger partial charge in [-0.1, -0.05) is 55.8 Å². The van der Waals surface area contributed by atoms with Crippen molar-refractivity contribution in [2.75, 3.05) is 31.7 Å². The number of carbonyl (C=O) groups is 1. The van der Waals surface area contributed by atoms with Crippen molar-refractivity contribution in [1.82, 2.24) is 9.88 Å². The number of carbonyl (C=O) groups excluding carboxylic acids is 1. The van der Waals surface area contributed by atoms with Crippen LogP contribution in [0.15, 0.2) is 72.4 Å². The molecule has 1 saturated carbocycles. The monoisotopic (exact) mass is 629 g/mol. The number of anilines is 1. The number of nitrogens with zero attached hydrogens (tertiary/aromatic N) is 3. The maximum Gasteiger partial charge on any atom is 0.313 e. The molecule has 9 atom stereocenters. The Kier molecular flexibility index (Phi) is 6.13. The van der Waals surface area contributed by atoms with Crippen LogP contribution in [-0.4, -0.2) is 61.0 Å². The minimum Gasteiger partial charge on any atom is -0.469 e. The van der Waals surface area contributed by atoms with Crippen LogP contribution in [0.1, 0.15) is 44.4 Å². The van der Waals surface area contributed by atoms with E-state index in [0.717, 1.165) is 25.1 Å². The van der Waals surface area contributed by atoms with E-state index in [1.54, 1.807) is 7.11 Å². The Morgan fingerprint density at radius 2 is 2.00 bits per heavy atom. The van der Waals surface area contributed by atoms with E-state index >= 15 is 0 Å². The van der Waals surface area contributed by atoms with Crippen molar-refractivity contribution in [3.63, 3.8) is 0 Å². The molecule has 1 aliphatic carbocycles. The molecule has 3 saturated heterocycles. The maximum absolute atomic E-state index is 14.3. The molecule has 5 aliphatic heterocycles. The van der Waals surface area contributed by atoms with Crippen molar-refractivity contribution in [3.8, 4) is 0 Å². The minimum atomic E-state index is -0.454. The molecule has 10 rings (SSSR count). The normalized spacial score (nSPS) is 35.2. The molecule has 6 aliphatic rings. The molecule has 0 amide bonds. The molecule has 1 spiro atoms. The first kappa shape index (κ1) is 28.3. The lowest BCUT2D eigenvalue weighted by molar-refractivity contribution is -0.700. The molecule has 7 nitrogen and oxygen atoms in total. The largest absolute Gasteiger partial charge is 0.469 e. The second kappa shape index (κ2) is 10.2. The van der Waals surface area contributed by atoms with Gasteiger partial charge in [-0.05, 0) is 61.4 Å². The highest BCUT2D eigenvalue weighted by molar-refractivity contribution is 6.07. The number of aromatic nitrogens is 2. The van der Waals surface area contributed by atoms with E-state index in [4.69, 9.17) is 9.47 Å². The number of pyridine rings is 1. The quantitative estimate of drug-likeness (QED) is 0.177. The predicted octanol–water partition coefficient (Wildman–Crippen LogP) is 5.75. The summed E-state index contributed by atoms with van der Waals surface area (Å²) in [6.07, 6.45) is 8.51. The zero-order valence-corrected chi connectivity index (χ0v) is 27.7. The second-order valence-electron chi connectivity index (χ2n) is 15.2. The van der Waals surface area contributed by atoms with Gasteiger partial charge in [0.05, 0.1) is 13.7 Å². The molecular formula is C40H45N4O3+. The number of hydrogen-bond acceptors (Lipinski definition) is 5. The van der Waals surface area contributed by atoms with E-state index in [9.17, 15) is 4.79 Å². The Morgan fingerprint density at radius 3 is 2.85 bits per heavy atom. The first-order chi connectivity index (χ1) is 23.1. The number of hydrogen-bond donors (Lipinski definition) is 1. The average Bonchev–Trinajstić information content (AvgIpc) is 3.80. The van der Waals surface area contributed by atoms with Gasteiger partial charge in [-0.15, -0.1) is 0 Å². The predicted molar refractivity (Wildman–Crippen MR) is 182 cm³/mol. The third kappa shape index (κ3) is 3.60. The Bertz CT molecular complexity index is 1970. The number of benzene rings is 2. The molecule has 4 aromatic rings. The molecule has 2 aromatic carbocycles. The topological polar surface area (TPSA) is 61.7 Å². The molecule has 242 valence electrons. The molecule has 47 heavy (non-hydrogen) atoms. The van der Waals surface area contributed by atoms with E-state index in [1.165, 1.54) is 71.2 Å². The molecule has 2 bridgehead atoms. The highest BCUT2D eigenvalue weighted by atomic mass is 16.5. The molecule has 0 radical (unpaired) electrons. The zero-order chi connectivity index (χ0) is 31.6. The Balaban J connectivity index is 1.12. The van der Waals surface area contributed by atoms with Crippen LogP contribution >= 0.6 is 0 Å². The summed E-state index contributed by atoms with van der Waals surface area (Å²) < 4.78 is 15.3. The smallest absolute Gasteiger partial charge is 0.313 e. The van der Waals surface area contributed by atoms with Gasteiger partial charge in [0.15, 0.2) is 12.7 Å². The lowest BCUT2D eigenvalue weighted by Gasteiger charge is -2.61. The number of methoxy groups -OCH3 is 1. The molecule has 7 heteroatoms. The highest BCUT2D eigenvalue weighted by Crippen LogP contribution is 2.65. The summed E-state index contributed by atoms with van der Waals surface area (Å²) in [5.74, 6) is 1.17. The molecule has 4 fully saturated rings. The number of allylic oxidation sites excluding steroid dienone is 2. The zero-order valence-electron chi connectivity index (χ0n) is 27.7. The van der Waals surface area contributed by atoms with Gasteiger partial charge in [-0.25, -0.2) is 0 Å². The number of para-hydroxylation sites is 2. The first-order valence-corrected chi connectivity index (χ1v) is 18.0. The lowest BCUT2D eigenvalue weighted by Crippen LogP contribution is -2.71. The van der Waals surface area contributed by atoms with Crippen LogP contribution in [0.5, 0.6) is 0 Å². The van der Waals surface area contributed by atoms with Crippen LogP contribution in [0.3, 0.4) is 0 Å². The summed E-state index contributed by atoms with van der Waals surface area (Å²) in [6.45, 7) is 8.38. The van der Waals surface area contributed by atoms with Crippen molar-refractivity contribution in [1.29, 1.82) is 0 Å². The van der Waals surface area contributed by atoms with Crippen molar-refractivity contribution in [2.45, 2.75) is 69.8 Å². The minimum absolute atomic E-state index is 0.0405. The number of ether oxygens (including phenoxy) is 2. The molecule has 7 heterocycles. The molecular weight excluding hydrogens is 584 g/mol. The van der Waals surface area contributed by atoms with Crippen LogP contribution in [0.4, 0.5) is 5.69 Å². The van der Waals surface area contributed by atoms with E-state index in [2.05, 4.69) is 100 Å². The Labute approximate surface area is 276 Å². The van der Waals surface area contributed by atoms with Crippen molar-refractivity contribution in [2.24, 2.45) is 29.6 Å². The van der Waals surface area contributed by atoms with Crippen molar-refractivity contribution in [3.05, 3.63) is 83.7 Å². The van der Waals surface area contributed by atoms with Gasteiger partial charge in [0.25, 0.3) is 0 Å². The molecule has 0 unspecified atom stereocenters. The van der Waals surface area contributed by atoms with Gasteiger partial charge < -0.3 is 19.4 Å². The fourth-order valence-electron chi connectivity index (χ4n) is 11.9. The summed E-state index contributed by atoms with van der Waals surface area (Å²) in [5, 5.41) is 2.48. The Morgan fingerprint density at radius 1 is 1.15 bits per heavy atom. The van der Waals surface area contributed by atoms with Crippen LogP contribution in [0.25, 0.3) is 21.8 Å². The van der Waals surface area contributed by atoms with Crippen molar-refractivity contribution < 1.29 is 18.8 Å². The first-order valence-electron chi connectivity index (χ1n) is 18.0. The van der Waals surface area contributed by atoms with Gasteiger partial charge in [-0.3, -0.25) is 9.69 Å². The number of fused-ring (bicyclic) bond motifs is 9. The third-order valence-electron chi connectivity index (χ3n) is 13.8. The summed E-state index contributed by atoms with van der Waals surface area (Å²) in [7, 11) is 1.56. The van der Waals surface area contributed by atoms with Gasteiger partial charge >= 0.3 is 5.97 Å². The van der Waals surface area contributed by atoms with Crippen LogP contribution in [-0.2, 0) is 32.6 Å². The molecule has 1 N–H and O–H groups in total. The van der Waals surface area contributed by atoms with Crippen LogP contribution < -0.4 is 9.47 Å². The highest BCUT2D eigenvalue weighted by Gasteiger charge is 2.70. The lowest BCUT2D eigenvalue weighted by atomic mass is 9.54. The summed E-state index contributed by atoms with van der Waals surface area (Å²) in [6, 6.07) is 20.8. The second-order valence-corrected chi connectivity index (χ2v) is 15.2. The third-order valence-corrected chi connectivity index (χ3v) is 13.8. The van der Waals surface area contributed by atoms with Gasteiger partial charge in [0.1, 0.15) is 17.7 Å².